The quantitative estimate of drug-likeness (QED) is 0.736. The fraction of sp³-hybridized carbons (Fsp3) is 0.333. The first-order valence-corrected chi connectivity index (χ1v) is 4.15. The lowest BCUT2D eigenvalue weighted by Gasteiger charge is -2.10. The zero-order chi connectivity index (χ0) is 12.3. The third-order valence-corrected chi connectivity index (χ3v) is 1.66. The maximum Gasteiger partial charge on any atom is 0.573 e. The van der Waals surface area contributed by atoms with Crippen LogP contribution in [-0.2, 0) is 4.74 Å². The van der Waals surface area contributed by atoms with Gasteiger partial charge in [0.05, 0.1) is 12.8 Å². The van der Waals surface area contributed by atoms with Crippen LogP contribution in [0, 0.1) is 6.92 Å². The van der Waals surface area contributed by atoms with Crippen molar-refractivity contribution in [2.75, 3.05) is 7.11 Å². The van der Waals surface area contributed by atoms with Crippen LogP contribution in [0.15, 0.2) is 12.1 Å². The third kappa shape index (κ3) is 3.11. The lowest BCUT2D eigenvalue weighted by Crippen LogP contribution is -2.18. The SMILES string of the molecule is COC(=O)c1ccc(OC(F)(F)F)c(C)n1. The minimum atomic E-state index is -4.78. The molecule has 0 aliphatic heterocycles. The van der Waals surface area contributed by atoms with E-state index in [2.05, 4.69) is 14.5 Å². The highest BCUT2D eigenvalue weighted by Crippen LogP contribution is 2.24. The molecule has 4 nitrogen and oxygen atoms in total. The summed E-state index contributed by atoms with van der Waals surface area (Å²) in [6.07, 6.45) is -4.78. The van der Waals surface area contributed by atoms with Crippen LogP contribution < -0.4 is 4.74 Å². The Labute approximate surface area is 89.0 Å². The molecule has 0 unspecified atom stereocenters. The van der Waals surface area contributed by atoms with Gasteiger partial charge in [0.25, 0.3) is 0 Å². The molecule has 0 bridgehead atoms. The number of rotatable bonds is 2. The lowest BCUT2D eigenvalue weighted by atomic mass is 10.3. The maximum atomic E-state index is 11.9. The highest BCUT2D eigenvalue weighted by Gasteiger charge is 2.32. The predicted molar refractivity (Wildman–Crippen MR) is 47.0 cm³/mol. The van der Waals surface area contributed by atoms with Crippen LogP contribution in [0.5, 0.6) is 5.75 Å². The standard InChI is InChI=1S/C9H8F3NO3/c1-5-7(16-9(10,11)12)4-3-6(13-5)8(14)15-2/h3-4H,1-2H3. The van der Waals surface area contributed by atoms with Crippen molar-refractivity contribution in [2.24, 2.45) is 0 Å². The smallest absolute Gasteiger partial charge is 0.464 e. The van der Waals surface area contributed by atoms with Crippen LogP contribution in [-0.4, -0.2) is 24.4 Å². The molecule has 0 aliphatic rings. The van der Waals surface area contributed by atoms with Gasteiger partial charge in [-0.1, -0.05) is 0 Å². The lowest BCUT2D eigenvalue weighted by molar-refractivity contribution is -0.275. The number of carbonyl (C=O) groups is 1. The summed E-state index contributed by atoms with van der Waals surface area (Å²) >= 11 is 0. The Balaban J connectivity index is 2.96. The summed E-state index contributed by atoms with van der Waals surface area (Å²) in [5, 5.41) is 0. The minimum absolute atomic E-state index is 0.0415. The van der Waals surface area contributed by atoms with Gasteiger partial charge in [-0.3, -0.25) is 0 Å². The first-order chi connectivity index (χ1) is 7.33. The fourth-order valence-corrected chi connectivity index (χ4v) is 0.999. The van der Waals surface area contributed by atoms with E-state index in [-0.39, 0.29) is 11.4 Å². The molecule has 0 saturated heterocycles. The topological polar surface area (TPSA) is 48.4 Å². The number of alkyl halides is 3. The predicted octanol–water partition coefficient (Wildman–Crippen LogP) is 2.08. The molecule has 88 valence electrons. The van der Waals surface area contributed by atoms with Crippen LogP contribution in [0.2, 0.25) is 0 Å². The van der Waals surface area contributed by atoms with E-state index in [4.69, 9.17) is 0 Å². The number of halogens is 3. The van der Waals surface area contributed by atoms with E-state index in [1.807, 2.05) is 0 Å². The molecule has 0 aromatic carbocycles. The number of esters is 1. The average Bonchev–Trinajstić information content (AvgIpc) is 2.18. The minimum Gasteiger partial charge on any atom is -0.464 e. The van der Waals surface area contributed by atoms with Gasteiger partial charge in [0.2, 0.25) is 0 Å². The highest BCUT2D eigenvalue weighted by atomic mass is 19.4. The second-order valence-electron chi connectivity index (χ2n) is 2.82. The zero-order valence-corrected chi connectivity index (χ0v) is 8.46. The summed E-state index contributed by atoms with van der Waals surface area (Å²) in [6.45, 7) is 1.30. The number of hydrogen-bond donors (Lipinski definition) is 0. The second-order valence-corrected chi connectivity index (χ2v) is 2.82. The van der Waals surface area contributed by atoms with E-state index in [0.29, 0.717) is 0 Å². The Morgan fingerprint density at radius 1 is 1.38 bits per heavy atom. The average molecular weight is 235 g/mol. The van der Waals surface area contributed by atoms with Gasteiger partial charge in [0.1, 0.15) is 5.69 Å². The van der Waals surface area contributed by atoms with E-state index in [1.54, 1.807) is 0 Å². The Bertz CT molecular complexity index is 403. The van der Waals surface area contributed by atoms with Gasteiger partial charge in [-0.05, 0) is 19.1 Å². The molecule has 0 atom stereocenters. The van der Waals surface area contributed by atoms with Crippen molar-refractivity contribution in [1.82, 2.24) is 4.98 Å². The number of carbonyl (C=O) groups excluding carboxylic acids is 1. The van der Waals surface area contributed by atoms with E-state index in [1.165, 1.54) is 6.92 Å². The number of pyridine rings is 1. The molecule has 1 heterocycles. The maximum absolute atomic E-state index is 11.9. The van der Waals surface area contributed by atoms with Crippen molar-refractivity contribution < 1.29 is 27.4 Å². The largest absolute Gasteiger partial charge is 0.573 e. The summed E-state index contributed by atoms with van der Waals surface area (Å²) < 4.78 is 43.8. The Morgan fingerprint density at radius 3 is 2.44 bits per heavy atom. The summed E-state index contributed by atoms with van der Waals surface area (Å²) in [5.41, 5.74) is -0.116. The molecule has 0 fully saturated rings. The van der Waals surface area contributed by atoms with Crippen molar-refractivity contribution in [2.45, 2.75) is 13.3 Å². The fourth-order valence-electron chi connectivity index (χ4n) is 0.999. The van der Waals surface area contributed by atoms with Gasteiger partial charge < -0.3 is 9.47 Å². The molecule has 0 N–H and O–H groups in total. The van der Waals surface area contributed by atoms with Crippen LogP contribution in [0.3, 0.4) is 0 Å². The van der Waals surface area contributed by atoms with Gasteiger partial charge >= 0.3 is 12.3 Å². The van der Waals surface area contributed by atoms with Crippen molar-refractivity contribution in [1.29, 1.82) is 0 Å². The van der Waals surface area contributed by atoms with Crippen LogP contribution in [0.1, 0.15) is 16.2 Å². The molecule has 0 radical (unpaired) electrons. The van der Waals surface area contributed by atoms with E-state index < -0.39 is 18.1 Å². The molecule has 1 aromatic rings. The summed E-state index contributed by atoms with van der Waals surface area (Å²) in [4.78, 5) is 14.6. The molecule has 0 spiro atoms. The molecule has 0 aliphatic carbocycles. The van der Waals surface area contributed by atoms with Gasteiger partial charge in [-0.25, -0.2) is 9.78 Å². The molecular weight excluding hydrogens is 227 g/mol. The molecule has 1 aromatic heterocycles. The number of ether oxygens (including phenoxy) is 2. The normalized spacial score (nSPS) is 11.1. The molecule has 7 heteroatoms. The monoisotopic (exact) mass is 235 g/mol. The number of aromatic nitrogens is 1. The van der Waals surface area contributed by atoms with Gasteiger partial charge in [0, 0.05) is 0 Å². The van der Waals surface area contributed by atoms with Gasteiger partial charge in [-0.15, -0.1) is 13.2 Å². The Morgan fingerprint density at radius 2 is 2.00 bits per heavy atom. The van der Waals surface area contributed by atoms with Crippen LogP contribution >= 0.6 is 0 Å². The van der Waals surface area contributed by atoms with Gasteiger partial charge in [0.15, 0.2) is 5.75 Å². The number of nitrogens with zero attached hydrogens (tertiary/aromatic N) is 1. The molecule has 16 heavy (non-hydrogen) atoms. The highest BCUT2D eigenvalue weighted by molar-refractivity contribution is 5.87. The first-order valence-electron chi connectivity index (χ1n) is 4.15. The first kappa shape index (κ1) is 12.3. The van der Waals surface area contributed by atoms with Crippen LogP contribution in [0.4, 0.5) is 13.2 Å². The molecule has 1 rings (SSSR count). The van der Waals surface area contributed by atoms with Crippen molar-refractivity contribution >= 4 is 5.97 Å². The Kier molecular flexibility index (Phi) is 3.36. The number of methoxy groups -OCH3 is 1. The summed E-state index contributed by atoms with van der Waals surface area (Å²) in [5.74, 6) is -1.16. The van der Waals surface area contributed by atoms with Crippen molar-refractivity contribution in [3.8, 4) is 5.75 Å². The third-order valence-electron chi connectivity index (χ3n) is 1.66. The number of hydrogen-bond acceptors (Lipinski definition) is 4. The van der Waals surface area contributed by atoms with E-state index in [0.717, 1.165) is 19.2 Å². The zero-order valence-electron chi connectivity index (χ0n) is 8.46. The van der Waals surface area contributed by atoms with Crippen molar-refractivity contribution in [3.05, 3.63) is 23.5 Å². The molecule has 0 amide bonds. The van der Waals surface area contributed by atoms with Crippen molar-refractivity contribution in [3.63, 3.8) is 0 Å². The van der Waals surface area contributed by atoms with Crippen LogP contribution in [0.25, 0.3) is 0 Å². The summed E-state index contributed by atoms with van der Waals surface area (Å²) in [6, 6.07) is 2.11. The second kappa shape index (κ2) is 4.38. The Hall–Kier alpha value is -1.79. The van der Waals surface area contributed by atoms with E-state index in [9.17, 15) is 18.0 Å². The number of aryl methyl sites for hydroxylation is 1. The summed E-state index contributed by atoms with van der Waals surface area (Å²) in [7, 11) is 1.15. The van der Waals surface area contributed by atoms with Gasteiger partial charge in [-0.2, -0.15) is 0 Å². The molecule has 0 saturated carbocycles. The van der Waals surface area contributed by atoms with E-state index >= 15 is 0 Å². The molecular formula is C9H8F3NO3.